The fourth-order valence-corrected chi connectivity index (χ4v) is 3.71. The molecule has 2 saturated heterocycles. The van der Waals surface area contributed by atoms with Crippen molar-refractivity contribution in [2.24, 2.45) is 0 Å². The summed E-state index contributed by atoms with van der Waals surface area (Å²) < 4.78 is 14.6. The molecule has 3 nitrogen and oxygen atoms in total. The summed E-state index contributed by atoms with van der Waals surface area (Å²) >= 11 is 3.22. The Kier molecular flexibility index (Phi) is 4.60. The Labute approximate surface area is 133 Å². The molecule has 1 atom stereocenters. The number of hydrogen-bond acceptors (Lipinski definition) is 2. The molecule has 3 rings (SSSR count). The number of carbonyl (C=O) groups is 1. The smallest absolute Gasteiger partial charge is 0.256 e. The normalized spacial score (nSPS) is 23.5. The molecule has 1 amide bonds. The van der Waals surface area contributed by atoms with E-state index in [9.17, 15) is 9.18 Å². The molecule has 0 N–H and O–H groups in total. The zero-order chi connectivity index (χ0) is 14.8. The number of piperidine rings is 1. The number of likely N-dealkylation sites (tertiary alicyclic amines) is 2. The minimum absolute atomic E-state index is 0.177. The highest BCUT2D eigenvalue weighted by Crippen LogP contribution is 2.23. The molecule has 1 unspecified atom stereocenters. The molecule has 21 heavy (non-hydrogen) atoms. The Bertz CT molecular complexity index is 531. The molecule has 2 aliphatic rings. The van der Waals surface area contributed by atoms with Crippen LogP contribution < -0.4 is 0 Å². The molecule has 2 heterocycles. The van der Waals surface area contributed by atoms with Gasteiger partial charge in [0.1, 0.15) is 5.82 Å². The number of carbonyl (C=O) groups excluding carboxylic acids is 1. The lowest BCUT2D eigenvalue weighted by Gasteiger charge is -2.37. The van der Waals surface area contributed by atoms with Crippen molar-refractivity contribution in [2.45, 2.75) is 31.7 Å². The van der Waals surface area contributed by atoms with Gasteiger partial charge in [-0.1, -0.05) is 15.9 Å². The van der Waals surface area contributed by atoms with Gasteiger partial charge in [-0.15, -0.1) is 0 Å². The van der Waals surface area contributed by atoms with Gasteiger partial charge in [0.15, 0.2) is 0 Å². The number of amides is 1. The van der Waals surface area contributed by atoms with Crippen molar-refractivity contribution in [2.75, 3.05) is 26.2 Å². The topological polar surface area (TPSA) is 23.6 Å². The maximum absolute atomic E-state index is 14.0. The van der Waals surface area contributed by atoms with Gasteiger partial charge in [-0.3, -0.25) is 9.69 Å². The number of benzene rings is 1. The van der Waals surface area contributed by atoms with Crippen molar-refractivity contribution in [3.8, 4) is 0 Å². The summed E-state index contributed by atoms with van der Waals surface area (Å²) in [6, 6.07) is 5.10. The van der Waals surface area contributed by atoms with Crippen molar-refractivity contribution in [1.29, 1.82) is 0 Å². The maximum atomic E-state index is 14.0. The van der Waals surface area contributed by atoms with Crippen LogP contribution in [0.4, 0.5) is 4.39 Å². The van der Waals surface area contributed by atoms with Gasteiger partial charge in [0, 0.05) is 23.6 Å². The number of hydrogen-bond donors (Lipinski definition) is 0. The Morgan fingerprint density at radius 1 is 1.19 bits per heavy atom. The van der Waals surface area contributed by atoms with Crippen molar-refractivity contribution in [3.63, 3.8) is 0 Å². The fourth-order valence-electron chi connectivity index (χ4n) is 3.38. The minimum Gasteiger partial charge on any atom is -0.337 e. The molecular weight excluding hydrogens is 335 g/mol. The van der Waals surface area contributed by atoms with Gasteiger partial charge in [0.05, 0.1) is 5.56 Å². The molecule has 0 saturated carbocycles. The van der Waals surface area contributed by atoms with Crippen LogP contribution in [0, 0.1) is 5.82 Å². The average molecular weight is 355 g/mol. The highest BCUT2D eigenvalue weighted by Gasteiger charge is 2.30. The number of nitrogens with zero attached hydrogens (tertiary/aromatic N) is 2. The average Bonchev–Trinajstić information content (AvgIpc) is 3.01. The lowest BCUT2D eigenvalue weighted by molar-refractivity contribution is 0.0603. The SMILES string of the molecule is O=C(c1ccc(Br)cc1F)N1CCCC(N2CCCC2)C1. The van der Waals surface area contributed by atoms with Crippen LogP contribution in [0.25, 0.3) is 0 Å². The second-order valence-electron chi connectivity index (χ2n) is 5.91. The summed E-state index contributed by atoms with van der Waals surface area (Å²) in [6.45, 7) is 3.74. The zero-order valence-corrected chi connectivity index (χ0v) is 13.6. The van der Waals surface area contributed by atoms with Crippen LogP contribution in [0.1, 0.15) is 36.0 Å². The minimum atomic E-state index is -0.447. The van der Waals surface area contributed by atoms with Gasteiger partial charge in [-0.05, 0) is 57.0 Å². The summed E-state index contributed by atoms with van der Waals surface area (Å²) in [5, 5.41) is 0. The van der Waals surface area contributed by atoms with Crippen LogP contribution in [0.5, 0.6) is 0 Å². The third-order valence-corrected chi connectivity index (χ3v) is 5.00. The summed E-state index contributed by atoms with van der Waals surface area (Å²) in [4.78, 5) is 16.8. The lowest BCUT2D eigenvalue weighted by Crippen LogP contribution is -2.49. The first-order valence-electron chi connectivity index (χ1n) is 7.63. The molecule has 0 radical (unpaired) electrons. The Morgan fingerprint density at radius 3 is 2.67 bits per heavy atom. The van der Waals surface area contributed by atoms with Crippen LogP contribution in [0.15, 0.2) is 22.7 Å². The van der Waals surface area contributed by atoms with Gasteiger partial charge in [-0.25, -0.2) is 4.39 Å². The van der Waals surface area contributed by atoms with E-state index in [-0.39, 0.29) is 11.5 Å². The molecule has 0 spiro atoms. The largest absolute Gasteiger partial charge is 0.337 e. The van der Waals surface area contributed by atoms with Crippen LogP contribution in [0.2, 0.25) is 0 Å². The fraction of sp³-hybridized carbons (Fsp3) is 0.562. The van der Waals surface area contributed by atoms with E-state index in [1.54, 1.807) is 12.1 Å². The van der Waals surface area contributed by atoms with Gasteiger partial charge in [0.2, 0.25) is 0 Å². The second-order valence-corrected chi connectivity index (χ2v) is 6.83. The van der Waals surface area contributed by atoms with Crippen LogP contribution in [-0.2, 0) is 0 Å². The molecule has 2 aliphatic heterocycles. The summed E-state index contributed by atoms with van der Waals surface area (Å²) in [5.41, 5.74) is 0.181. The van der Waals surface area contributed by atoms with E-state index < -0.39 is 5.82 Å². The van der Waals surface area contributed by atoms with E-state index >= 15 is 0 Å². The van der Waals surface area contributed by atoms with E-state index in [0.717, 1.165) is 39.0 Å². The first kappa shape index (κ1) is 15.0. The summed E-state index contributed by atoms with van der Waals surface area (Å²) in [7, 11) is 0. The van der Waals surface area contributed by atoms with Crippen molar-refractivity contribution >= 4 is 21.8 Å². The summed E-state index contributed by atoms with van der Waals surface area (Å²) in [6.07, 6.45) is 4.66. The molecule has 114 valence electrons. The Hall–Kier alpha value is -0.940. The molecule has 0 aromatic heterocycles. The van der Waals surface area contributed by atoms with Crippen molar-refractivity contribution < 1.29 is 9.18 Å². The maximum Gasteiger partial charge on any atom is 0.256 e. The van der Waals surface area contributed by atoms with Crippen molar-refractivity contribution in [3.05, 3.63) is 34.1 Å². The number of rotatable bonds is 2. The van der Waals surface area contributed by atoms with E-state index in [1.165, 1.54) is 18.9 Å². The highest BCUT2D eigenvalue weighted by molar-refractivity contribution is 9.10. The third-order valence-electron chi connectivity index (χ3n) is 4.50. The molecule has 1 aromatic carbocycles. The second kappa shape index (κ2) is 6.44. The quantitative estimate of drug-likeness (QED) is 0.813. The van der Waals surface area contributed by atoms with Gasteiger partial charge >= 0.3 is 0 Å². The highest BCUT2D eigenvalue weighted by atomic mass is 79.9. The first-order valence-corrected chi connectivity index (χ1v) is 8.43. The molecule has 2 fully saturated rings. The van der Waals surface area contributed by atoms with Gasteiger partial charge < -0.3 is 4.90 Å². The Morgan fingerprint density at radius 2 is 1.95 bits per heavy atom. The third kappa shape index (κ3) is 3.29. The predicted molar refractivity (Wildman–Crippen MR) is 83.8 cm³/mol. The van der Waals surface area contributed by atoms with Gasteiger partial charge in [0.25, 0.3) is 5.91 Å². The first-order chi connectivity index (χ1) is 10.1. The zero-order valence-electron chi connectivity index (χ0n) is 12.0. The molecule has 1 aromatic rings. The molecule has 0 aliphatic carbocycles. The van der Waals surface area contributed by atoms with Crippen molar-refractivity contribution in [1.82, 2.24) is 9.80 Å². The lowest BCUT2D eigenvalue weighted by atomic mass is 10.0. The van der Waals surface area contributed by atoms with E-state index in [4.69, 9.17) is 0 Å². The van der Waals surface area contributed by atoms with Crippen LogP contribution >= 0.6 is 15.9 Å². The molecule has 5 heteroatoms. The number of halogens is 2. The van der Waals surface area contributed by atoms with Gasteiger partial charge in [-0.2, -0.15) is 0 Å². The van der Waals surface area contributed by atoms with Crippen LogP contribution in [-0.4, -0.2) is 47.9 Å². The van der Waals surface area contributed by atoms with E-state index in [1.807, 2.05) is 4.90 Å². The summed E-state index contributed by atoms with van der Waals surface area (Å²) in [5.74, 6) is -0.624. The monoisotopic (exact) mass is 354 g/mol. The molecule has 0 bridgehead atoms. The molecular formula is C16H20BrFN2O. The van der Waals surface area contributed by atoms with E-state index in [2.05, 4.69) is 20.8 Å². The van der Waals surface area contributed by atoms with E-state index in [0.29, 0.717) is 10.5 Å². The predicted octanol–water partition coefficient (Wildman–Crippen LogP) is 3.29. The standard InChI is InChI=1S/C16H20BrFN2O/c17-12-5-6-14(15(18)10-12)16(21)20-9-3-4-13(11-20)19-7-1-2-8-19/h5-6,10,13H,1-4,7-9,11H2. The van der Waals surface area contributed by atoms with Crippen LogP contribution in [0.3, 0.4) is 0 Å². The Balaban J connectivity index is 1.71.